The number of hydrogen-bond donors (Lipinski definition) is 0. The van der Waals surface area contributed by atoms with Crippen LogP contribution in [-0.4, -0.2) is 24.7 Å². The van der Waals surface area contributed by atoms with Crippen LogP contribution in [0.15, 0.2) is 30.3 Å². The number of benzene rings is 1. The molecule has 0 bridgehead atoms. The minimum Gasteiger partial charge on any atom is -0.361 e. The van der Waals surface area contributed by atoms with Gasteiger partial charge in [-0.2, -0.15) is 4.79 Å². The van der Waals surface area contributed by atoms with Gasteiger partial charge in [0.2, 0.25) is 0 Å². The molecule has 1 aliphatic carbocycles. The first-order valence-electron chi connectivity index (χ1n) is 4.47. The molecule has 0 aromatic heterocycles. The predicted molar refractivity (Wildman–Crippen MR) is 62.1 cm³/mol. The zero-order valence-corrected chi connectivity index (χ0v) is 9.86. The second-order valence-electron chi connectivity index (χ2n) is 3.31. The van der Waals surface area contributed by atoms with Crippen LogP contribution >= 0.6 is 10.7 Å². The van der Waals surface area contributed by atoms with Gasteiger partial charge in [0.05, 0.1) is 11.0 Å². The number of nitrogens with zero attached hydrogens (tertiary/aromatic N) is 2. The Labute approximate surface area is 101 Å². The van der Waals surface area contributed by atoms with E-state index in [0.717, 1.165) is 6.08 Å². The maximum atomic E-state index is 11.7. The molecule has 5 nitrogen and oxygen atoms in total. The lowest BCUT2D eigenvalue weighted by Crippen LogP contribution is -2.21. The van der Waals surface area contributed by atoms with Gasteiger partial charge in [-0.25, -0.2) is 8.42 Å². The van der Waals surface area contributed by atoms with Crippen molar-refractivity contribution >= 4 is 36.1 Å². The highest BCUT2D eigenvalue weighted by molar-refractivity contribution is 8.21. The first-order chi connectivity index (χ1) is 7.95. The Kier molecular flexibility index (Phi) is 2.71. The summed E-state index contributed by atoms with van der Waals surface area (Å²) in [6.45, 7) is 0. The summed E-state index contributed by atoms with van der Waals surface area (Å²) in [5.74, 6) is -0.549. The van der Waals surface area contributed by atoms with Crippen LogP contribution in [0.3, 0.4) is 0 Å². The third-order valence-corrected chi connectivity index (χ3v) is 3.67. The zero-order chi connectivity index (χ0) is 12.6. The SMILES string of the molecule is [N-]=[N+]=C1C=C(S(=O)(=O)Cl)c2ccccc2C1=O. The van der Waals surface area contributed by atoms with E-state index in [1.165, 1.54) is 12.1 Å². The van der Waals surface area contributed by atoms with Crippen molar-refractivity contribution in [1.29, 1.82) is 0 Å². The van der Waals surface area contributed by atoms with Crippen LogP contribution in [0, 0.1) is 0 Å². The fourth-order valence-electron chi connectivity index (χ4n) is 1.58. The smallest absolute Gasteiger partial charge is 0.361 e. The standard InChI is InChI=1S/C10H5ClN2O3S/c11-17(15,16)9-5-8(13-12)10(14)7-4-2-1-3-6(7)9/h1-5H. The Morgan fingerprint density at radius 2 is 1.76 bits per heavy atom. The third-order valence-electron chi connectivity index (χ3n) is 2.31. The molecule has 0 unspecified atom stereocenters. The highest BCUT2D eigenvalue weighted by Gasteiger charge is 2.34. The fraction of sp³-hybridized carbons (Fsp3) is 0. The van der Waals surface area contributed by atoms with Gasteiger partial charge < -0.3 is 5.53 Å². The highest BCUT2D eigenvalue weighted by Crippen LogP contribution is 2.31. The van der Waals surface area contributed by atoms with Crippen molar-refractivity contribution in [2.45, 2.75) is 0 Å². The van der Waals surface area contributed by atoms with Crippen molar-refractivity contribution in [3.05, 3.63) is 47.0 Å². The van der Waals surface area contributed by atoms with E-state index >= 15 is 0 Å². The summed E-state index contributed by atoms with van der Waals surface area (Å²) < 4.78 is 22.7. The first kappa shape index (κ1) is 11.7. The minimum atomic E-state index is -4.02. The number of carbonyl (C=O) groups is 1. The first-order valence-corrected chi connectivity index (χ1v) is 6.78. The molecule has 0 saturated heterocycles. The van der Waals surface area contributed by atoms with Crippen LogP contribution in [0.2, 0.25) is 0 Å². The molecule has 0 atom stereocenters. The Hall–Kier alpha value is -1.75. The number of hydrogen-bond acceptors (Lipinski definition) is 3. The molecular formula is C10H5ClN2O3S. The predicted octanol–water partition coefficient (Wildman–Crippen LogP) is 1.46. The summed E-state index contributed by atoms with van der Waals surface area (Å²) >= 11 is 0. The number of allylic oxidation sites excluding steroid dienone is 1. The largest absolute Gasteiger partial charge is 0.364 e. The lowest BCUT2D eigenvalue weighted by Gasteiger charge is -2.11. The van der Waals surface area contributed by atoms with Crippen LogP contribution < -0.4 is 0 Å². The average molecular weight is 269 g/mol. The maximum absolute atomic E-state index is 11.7. The van der Waals surface area contributed by atoms with Crippen molar-refractivity contribution in [3.8, 4) is 0 Å². The molecule has 86 valence electrons. The molecule has 7 heteroatoms. The molecule has 2 rings (SSSR count). The van der Waals surface area contributed by atoms with E-state index < -0.39 is 14.8 Å². The van der Waals surface area contributed by atoms with Crippen molar-refractivity contribution in [2.24, 2.45) is 0 Å². The second kappa shape index (κ2) is 3.92. The van der Waals surface area contributed by atoms with Gasteiger partial charge in [-0.3, -0.25) is 4.79 Å². The topological polar surface area (TPSA) is 87.6 Å². The lowest BCUT2D eigenvalue weighted by atomic mass is 9.95. The van der Waals surface area contributed by atoms with E-state index in [0.29, 0.717) is 0 Å². The summed E-state index contributed by atoms with van der Waals surface area (Å²) in [4.78, 5) is 14.3. The van der Waals surface area contributed by atoms with Crippen LogP contribution in [0.1, 0.15) is 15.9 Å². The third kappa shape index (κ3) is 1.93. The number of rotatable bonds is 1. The van der Waals surface area contributed by atoms with Crippen molar-refractivity contribution in [3.63, 3.8) is 0 Å². The van der Waals surface area contributed by atoms with E-state index in [2.05, 4.69) is 4.79 Å². The van der Waals surface area contributed by atoms with Crippen molar-refractivity contribution in [2.75, 3.05) is 0 Å². The highest BCUT2D eigenvalue weighted by atomic mass is 35.7. The summed E-state index contributed by atoms with van der Waals surface area (Å²) in [5.41, 5.74) is 8.65. The monoisotopic (exact) mass is 268 g/mol. The summed E-state index contributed by atoms with van der Waals surface area (Å²) in [6.07, 6.45) is 0.951. The Morgan fingerprint density at radius 1 is 1.18 bits per heavy atom. The van der Waals surface area contributed by atoms with Gasteiger partial charge in [-0.15, -0.1) is 0 Å². The van der Waals surface area contributed by atoms with Gasteiger partial charge in [0.1, 0.15) is 0 Å². The normalized spacial score (nSPS) is 15.0. The summed E-state index contributed by atoms with van der Waals surface area (Å²) in [7, 11) is 1.25. The molecule has 0 radical (unpaired) electrons. The van der Waals surface area contributed by atoms with Crippen LogP contribution in [0.5, 0.6) is 0 Å². The Morgan fingerprint density at radius 3 is 2.29 bits per heavy atom. The molecule has 0 amide bonds. The van der Waals surface area contributed by atoms with E-state index in [9.17, 15) is 13.2 Å². The number of fused-ring (bicyclic) bond motifs is 1. The summed E-state index contributed by atoms with van der Waals surface area (Å²) in [6, 6.07) is 6.07. The van der Waals surface area contributed by atoms with Gasteiger partial charge in [-0.05, 0) is 0 Å². The molecular weight excluding hydrogens is 264 g/mol. The zero-order valence-electron chi connectivity index (χ0n) is 8.29. The number of carbonyl (C=O) groups excluding carboxylic acids is 1. The van der Waals surface area contributed by atoms with Gasteiger partial charge in [0.25, 0.3) is 14.8 Å². The Balaban J connectivity index is 2.85. The van der Waals surface area contributed by atoms with Gasteiger partial charge in [-0.1, -0.05) is 24.3 Å². The van der Waals surface area contributed by atoms with Gasteiger partial charge in [0, 0.05) is 21.8 Å². The molecule has 1 aliphatic rings. The van der Waals surface area contributed by atoms with E-state index in [-0.39, 0.29) is 21.7 Å². The molecule has 0 aliphatic heterocycles. The van der Waals surface area contributed by atoms with Crippen molar-refractivity contribution < 1.29 is 18.0 Å². The average Bonchev–Trinajstić information content (AvgIpc) is 2.28. The van der Waals surface area contributed by atoms with Crippen LogP contribution in [0.4, 0.5) is 0 Å². The molecule has 0 saturated carbocycles. The van der Waals surface area contributed by atoms with E-state index in [4.69, 9.17) is 16.2 Å². The fourth-order valence-corrected chi connectivity index (χ4v) is 2.65. The lowest BCUT2D eigenvalue weighted by molar-refractivity contribution is -0.00437. The molecule has 0 heterocycles. The number of halogens is 1. The molecule has 1 aromatic rings. The molecule has 1 aromatic carbocycles. The molecule has 0 fully saturated rings. The minimum absolute atomic E-state index is 0.141. The molecule has 17 heavy (non-hydrogen) atoms. The molecule has 0 N–H and O–H groups in total. The number of ketones is 1. The van der Waals surface area contributed by atoms with Gasteiger partial charge in [0.15, 0.2) is 0 Å². The second-order valence-corrected chi connectivity index (χ2v) is 5.84. The summed E-state index contributed by atoms with van der Waals surface area (Å²) in [5, 5.41) is 0. The van der Waals surface area contributed by atoms with Crippen molar-refractivity contribution in [1.82, 2.24) is 0 Å². The number of Topliss-reactive ketones (excluding diaryl/α,β-unsaturated/α-hetero) is 1. The van der Waals surface area contributed by atoms with Crippen LogP contribution in [0.25, 0.3) is 10.4 Å². The van der Waals surface area contributed by atoms with E-state index in [1.54, 1.807) is 12.1 Å². The van der Waals surface area contributed by atoms with Gasteiger partial charge >= 0.3 is 5.71 Å². The maximum Gasteiger partial charge on any atom is 0.364 e. The Bertz CT molecular complexity index is 700. The van der Waals surface area contributed by atoms with Crippen LogP contribution in [-0.2, 0) is 9.05 Å². The molecule has 0 spiro atoms. The quantitative estimate of drug-likeness (QED) is 0.439. The van der Waals surface area contributed by atoms with E-state index in [1.807, 2.05) is 0 Å².